The van der Waals surface area contributed by atoms with Gasteiger partial charge >= 0.3 is 0 Å². The smallest absolute Gasteiger partial charge is 0.220 e. The van der Waals surface area contributed by atoms with Crippen molar-refractivity contribution in [1.82, 2.24) is 5.32 Å². The van der Waals surface area contributed by atoms with Crippen LogP contribution in [-0.4, -0.2) is 24.7 Å². The van der Waals surface area contributed by atoms with Crippen LogP contribution in [0.15, 0.2) is 0 Å². The molecule has 1 heterocycles. The van der Waals surface area contributed by atoms with Gasteiger partial charge < -0.3 is 10.1 Å². The predicted octanol–water partition coefficient (Wildman–Crippen LogP) is 1.72. The summed E-state index contributed by atoms with van der Waals surface area (Å²) in [7, 11) is 1.73. The van der Waals surface area contributed by atoms with Crippen molar-refractivity contribution in [3.05, 3.63) is 0 Å². The Morgan fingerprint density at radius 1 is 1.57 bits per heavy atom. The molecule has 0 bridgehead atoms. The van der Waals surface area contributed by atoms with Crippen molar-refractivity contribution in [3.8, 4) is 0 Å². The van der Waals surface area contributed by atoms with Crippen molar-refractivity contribution in [2.75, 3.05) is 7.11 Å². The number of amides is 1. The number of carbonyl (C=O) groups is 1. The van der Waals surface area contributed by atoms with Crippen LogP contribution < -0.4 is 5.32 Å². The van der Waals surface area contributed by atoms with Crippen LogP contribution in [-0.2, 0) is 9.53 Å². The highest BCUT2D eigenvalue weighted by Gasteiger charge is 2.35. The number of methoxy groups -OCH3 is 1. The lowest BCUT2D eigenvalue weighted by Crippen LogP contribution is -2.33. The summed E-state index contributed by atoms with van der Waals surface area (Å²) in [6, 6.07) is 0.344. The van der Waals surface area contributed by atoms with Crippen LogP contribution >= 0.6 is 0 Å². The third kappa shape index (κ3) is 2.71. The first-order chi connectivity index (χ1) is 6.48. The van der Waals surface area contributed by atoms with Crippen molar-refractivity contribution in [1.29, 1.82) is 0 Å². The Balaban J connectivity index is 2.55. The highest BCUT2D eigenvalue weighted by Crippen LogP contribution is 2.29. The fourth-order valence-electron chi connectivity index (χ4n) is 2.13. The van der Waals surface area contributed by atoms with Gasteiger partial charge in [0.25, 0.3) is 0 Å². The number of hydrogen-bond acceptors (Lipinski definition) is 2. The third-order valence-corrected chi connectivity index (χ3v) is 3.11. The van der Waals surface area contributed by atoms with Gasteiger partial charge in [-0.25, -0.2) is 0 Å². The minimum atomic E-state index is -0.121. The molecule has 0 aromatic rings. The molecule has 1 N–H and O–H groups in total. The maximum Gasteiger partial charge on any atom is 0.220 e. The lowest BCUT2D eigenvalue weighted by molar-refractivity contribution is -0.119. The molecule has 1 rings (SSSR count). The van der Waals surface area contributed by atoms with Crippen molar-refractivity contribution < 1.29 is 9.53 Å². The van der Waals surface area contributed by atoms with E-state index in [2.05, 4.69) is 26.1 Å². The van der Waals surface area contributed by atoms with Gasteiger partial charge in [0.05, 0.1) is 5.60 Å². The van der Waals surface area contributed by atoms with Crippen molar-refractivity contribution in [3.63, 3.8) is 0 Å². The molecule has 82 valence electrons. The predicted molar refractivity (Wildman–Crippen MR) is 56.0 cm³/mol. The molecule has 14 heavy (non-hydrogen) atoms. The molecule has 3 nitrogen and oxygen atoms in total. The molecule has 1 aliphatic heterocycles. The number of ether oxygens (including phenoxy) is 1. The molecule has 1 aliphatic rings. The Bertz CT molecular complexity index is 213. The van der Waals surface area contributed by atoms with E-state index in [1.807, 2.05) is 0 Å². The van der Waals surface area contributed by atoms with E-state index in [1.54, 1.807) is 7.11 Å². The molecule has 3 heteroatoms. The maximum absolute atomic E-state index is 11.2. The first kappa shape index (κ1) is 11.5. The Kier molecular flexibility index (Phi) is 3.53. The van der Waals surface area contributed by atoms with E-state index in [9.17, 15) is 4.79 Å². The molecule has 0 aliphatic carbocycles. The van der Waals surface area contributed by atoms with E-state index >= 15 is 0 Å². The van der Waals surface area contributed by atoms with Crippen LogP contribution in [0.5, 0.6) is 0 Å². The summed E-state index contributed by atoms with van der Waals surface area (Å²) < 4.78 is 5.39. The Morgan fingerprint density at radius 3 is 2.71 bits per heavy atom. The second-order valence-electron chi connectivity index (χ2n) is 4.71. The van der Waals surface area contributed by atoms with Gasteiger partial charge in [0, 0.05) is 19.6 Å². The lowest BCUT2D eigenvalue weighted by Gasteiger charge is -2.28. The molecular weight excluding hydrogens is 178 g/mol. The zero-order valence-corrected chi connectivity index (χ0v) is 9.59. The molecule has 1 amide bonds. The average Bonchev–Trinajstić information content (AvgIpc) is 2.45. The minimum Gasteiger partial charge on any atom is -0.379 e. The highest BCUT2D eigenvalue weighted by molar-refractivity contribution is 5.79. The van der Waals surface area contributed by atoms with Crippen LogP contribution in [0, 0.1) is 5.92 Å². The van der Waals surface area contributed by atoms with Gasteiger partial charge in [-0.15, -0.1) is 0 Å². The average molecular weight is 199 g/mol. The van der Waals surface area contributed by atoms with Gasteiger partial charge in [-0.2, -0.15) is 0 Å². The summed E-state index contributed by atoms with van der Waals surface area (Å²) in [5, 5.41) is 3.01. The molecule has 0 aromatic heterocycles. The fourth-order valence-corrected chi connectivity index (χ4v) is 2.13. The summed E-state index contributed by atoms with van der Waals surface area (Å²) in [6.07, 6.45) is 2.61. The van der Waals surface area contributed by atoms with Crippen LogP contribution in [0.2, 0.25) is 0 Å². The normalized spacial score (nSPS) is 27.9. The molecule has 0 saturated carbocycles. The summed E-state index contributed by atoms with van der Waals surface area (Å²) in [5.74, 6) is 0.621. The highest BCUT2D eigenvalue weighted by atomic mass is 16.5. The molecule has 0 radical (unpaired) electrons. The van der Waals surface area contributed by atoms with Crippen LogP contribution in [0.3, 0.4) is 0 Å². The number of rotatable bonds is 4. The van der Waals surface area contributed by atoms with Gasteiger partial charge in [-0.3, -0.25) is 4.79 Å². The molecule has 2 atom stereocenters. The van der Waals surface area contributed by atoms with E-state index in [0.29, 0.717) is 18.4 Å². The first-order valence-corrected chi connectivity index (χ1v) is 5.33. The minimum absolute atomic E-state index is 0.121. The van der Waals surface area contributed by atoms with E-state index in [-0.39, 0.29) is 11.5 Å². The lowest BCUT2D eigenvalue weighted by atomic mass is 9.87. The number of hydrogen-bond donors (Lipinski definition) is 1. The zero-order chi connectivity index (χ0) is 10.8. The molecular formula is C11H21NO2. The van der Waals surface area contributed by atoms with E-state index in [1.165, 1.54) is 0 Å². The second-order valence-corrected chi connectivity index (χ2v) is 4.71. The van der Waals surface area contributed by atoms with Crippen molar-refractivity contribution in [2.45, 2.75) is 51.7 Å². The van der Waals surface area contributed by atoms with Crippen LogP contribution in [0.25, 0.3) is 0 Å². The number of carbonyl (C=O) groups excluding carboxylic acids is 1. The Labute approximate surface area is 86.2 Å². The monoisotopic (exact) mass is 199 g/mol. The summed E-state index contributed by atoms with van der Waals surface area (Å²) in [6.45, 7) is 6.26. The molecule has 1 saturated heterocycles. The van der Waals surface area contributed by atoms with Crippen molar-refractivity contribution in [2.24, 2.45) is 5.92 Å². The van der Waals surface area contributed by atoms with Gasteiger partial charge in [0.2, 0.25) is 5.91 Å². The Hall–Kier alpha value is -0.570. The van der Waals surface area contributed by atoms with Crippen molar-refractivity contribution >= 4 is 5.91 Å². The first-order valence-electron chi connectivity index (χ1n) is 5.33. The Morgan fingerprint density at radius 2 is 2.21 bits per heavy atom. The van der Waals surface area contributed by atoms with Gasteiger partial charge in [0.1, 0.15) is 0 Å². The third-order valence-electron chi connectivity index (χ3n) is 3.11. The summed E-state index contributed by atoms with van der Waals surface area (Å²) in [5.41, 5.74) is -0.121. The van der Waals surface area contributed by atoms with Gasteiger partial charge in [-0.1, -0.05) is 6.92 Å². The number of nitrogens with one attached hydrogen (secondary N) is 1. The fraction of sp³-hybridized carbons (Fsp3) is 0.909. The standard InChI is InChI=1S/C11H21NO2/c1-5-9-8(6-10(13)12-9)7-11(2,3)14-4/h8-9H,5-7H2,1-4H3,(H,12,13). The molecule has 0 spiro atoms. The topological polar surface area (TPSA) is 38.3 Å². The van der Waals surface area contributed by atoms with Crippen LogP contribution in [0.4, 0.5) is 0 Å². The SMILES string of the molecule is CCC1NC(=O)CC1CC(C)(C)OC. The zero-order valence-electron chi connectivity index (χ0n) is 9.59. The maximum atomic E-state index is 11.2. The van der Waals surface area contributed by atoms with Gasteiger partial charge in [-0.05, 0) is 32.6 Å². The summed E-state index contributed by atoms with van der Waals surface area (Å²) >= 11 is 0. The summed E-state index contributed by atoms with van der Waals surface area (Å²) in [4.78, 5) is 11.2. The molecule has 0 aromatic carbocycles. The largest absolute Gasteiger partial charge is 0.379 e. The van der Waals surface area contributed by atoms with E-state index in [0.717, 1.165) is 12.8 Å². The quantitative estimate of drug-likeness (QED) is 0.748. The van der Waals surface area contributed by atoms with E-state index in [4.69, 9.17) is 4.74 Å². The van der Waals surface area contributed by atoms with Gasteiger partial charge in [0.15, 0.2) is 0 Å². The second kappa shape index (κ2) is 4.30. The van der Waals surface area contributed by atoms with E-state index < -0.39 is 0 Å². The van der Waals surface area contributed by atoms with Crippen LogP contribution in [0.1, 0.15) is 40.0 Å². The molecule has 2 unspecified atom stereocenters. The molecule has 1 fully saturated rings.